The molecular formula is C14H12Cl2FNO. The van der Waals surface area contributed by atoms with Gasteiger partial charge in [-0.2, -0.15) is 0 Å². The summed E-state index contributed by atoms with van der Waals surface area (Å²) in [5, 5.41) is 0.939. The third kappa shape index (κ3) is 3.60. The molecule has 0 saturated carbocycles. The largest absolute Gasteiger partial charge is 0.483 e. The van der Waals surface area contributed by atoms with Crippen LogP contribution < -0.4 is 10.5 Å². The zero-order valence-corrected chi connectivity index (χ0v) is 11.5. The van der Waals surface area contributed by atoms with Gasteiger partial charge in [-0.25, -0.2) is 4.39 Å². The van der Waals surface area contributed by atoms with Gasteiger partial charge >= 0.3 is 0 Å². The molecule has 2 aromatic rings. The van der Waals surface area contributed by atoms with Gasteiger partial charge in [0.1, 0.15) is 17.7 Å². The molecule has 0 aromatic heterocycles. The highest BCUT2D eigenvalue weighted by Gasteiger charge is 2.14. The molecule has 0 amide bonds. The molecule has 2 N–H and O–H groups in total. The van der Waals surface area contributed by atoms with E-state index in [9.17, 15) is 4.39 Å². The summed E-state index contributed by atoms with van der Waals surface area (Å²) in [5.41, 5.74) is 6.32. The molecule has 2 rings (SSSR count). The van der Waals surface area contributed by atoms with E-state index in [2.05, 4.69) is 0 Å². The number of ether oxygens (including phenoxy) is 1. The van der Waals surface area contributed by atoms with E-state index in [0.29, 0.717) is 21.4 Å². The smallest absolute Gasteiger partial charge is 0.140 e. The Balaban J connectivity index is 2.26. The standard InChI is InChI=1S/C14H12Cl2FNO/c15-10-4-5-12(16)13(7-10)19-14(8-18)9-2-1-3-11(17)6-9/h1-7,14H,8,18H2. The quantitative estimate of drug-likeness (QED) is 0.918. The third-order valence-electron chi connectivity index (χ3n) is 2.60. The predicted octanol–water partition coefficient (Wildman–Crippen LogP) is 4.21. The molecule has 0 bridgehead atoms. The van der Waals surface area contributed by atoms with Gasteiger partial charge in [0.2, 0.25) is 0 Å². The summed E-state index contributed by atoms with van der Waals surface area (Å²) in [5.74, 6) is 0.0885. The van der Waals surface area contributed by atoms with Crippen molar-refractivity contribution in [2.75, 3.05) is 6.54 Å². The summed E-state index contributed by atoms with van der Waals surface area (Å²) in [4.78, 5) is 0. The fourth-order valence-electron chi connectivity index (χ4n) is 1.68. The van der Waals surface area contributed by atoms with Crippen LogP contribution in [0.15, 0.2) is 42.5 Å². The van der Waals surface area contributed by atoms with E-state index in [1.807, 2.05) is 0 Å². The summed E-state index contributed by atoms with van der Waals surface area (Å²) in [7, 11) is 0. The third-order valence-corrected chi connectivity index (χ3v) is 3.14. The number of benzene rings is 2. The molecule has 2 nitrogen and oxygen atoms in total. The van der Waals surface area contributed by atoms with Crippen LogP contribution in [-0.2, 0) is 0 Å². The van der Waals surface area contributed by atoms with Gasteiger partial charge < -0.3 is 10.5 Å². The van der Waals surface area contributed by atoms with Gasteiger partial charge in [0.15, 0.2) is 0 Å². The Bertz CT molecular complexity index is 577. The number of rotatable bonds is 4. The van der Waals surface area contributed by atoms with Gasteiger partial charge in [-0.3, -0.25) is 0 Å². The van der Waals surface area contributed by atoms with Crippen LogP contribution in [0.25, 0.3) is 0 Å². The summed E-state index contributed by atoms with van der Waals surface area (Å²) < 4.78 is 18.9. The first-order valence-electron chi connectivity index (χ1n) is 5.67. The summed E-state index contributed by atoms with van der Waals surface area (Å²) in [6.07, 6.45) is -0.480. The Kier molecular flexibility index (Phi) is 4.64. The zero-order chi connectivity index (χ0) is 13.8. The Labute approximate surface area is 120 Å². The van der Waals surface area contributed by atoms with Crippen LogP contribution in [0.4, 0.5) is 4.39 Å². The van der Waals surface area contributed by atoms with E-state index in [4.69, 9.17) is 33.7 Å². The Morgan fingerprint density at radius 2 is 1.95 bits per heavy atom. The maximum atomic E-state index is 13.2. The highest BCUT2D eigenvalue weighted by Crippen LogP contribution is 2.31. The molecule has 0 aliphatic carbocycles. The predicted molar refractivity (Wildman–Crippen MR) is 75.3 cm³/mol. The highest BCUT2D eigenvalue weighted by molar-refractivity contribution is 6.34. The van der Waals surface area contributed by atoms with Crippen molar-refractivity contribution in [2.45, 2.75) is 6.10 Å². The lowest BCUT2D eigenvalue weighted by Gasteiger charge is -2.19. The maximum absolute atomic E-state index is 13.2. The molecule has 19 heavy (non-hydrogen) atoms. The van der Waals surface area contributed by atoms with Crippen LogP contribution >= 0.6 is 23.2 Å². The number of hydrogen-bond donors (Lipinski definition) is 1. The van der Waals surface area contributed by atoms with E-state index < -0.39 is 6.10 Å². The topological polar surface area (TPSA) is 35.2 Å². The highest BCUT2D eigenvalue weighted by atomic mass is 35.5. The second-order valence-corrected chi connectivity index (χ2v) is 4.82. The molecule has 0 aliphatic rings. The summed E-state index contributed by atoms with van der Waals surface area (Å²) in [6, 6.07) is 11.0. The Hall–Kier alpha value is -1.29. The first kappa shape index (κ1) is 14.1. The van der Waals surface area contributed by atoms with Crippen molar-refractivity contribution in [1.82, 2.24) is 0 Å². The molecule has 1 atom stereocenters. The molecule has 5 heteroatoms. The molecule has 0 radical (unpaired) electrons. The van der Waals surface area contributed by atoms with E-state index in [-0.39, 0.29) is 12.4 Å². The minimum atomic E-state index is -0.480. The maximum Gasteiger partial charge on any atom is 0.140 e. The van der Waals surface area contributed by atoms with Crippen molar-refractivity contribution in [3.8, 4) is 5.75 Å². The van der Waals surface area contributed by atoms with Crippen molar-refractivity contribution in [3.05, 3.63) is 63.9 Å². The molecule has 2 aromatic carbocycles. The van der Waals surface area contributed by atoms with Crippen LogP contribution in [0, 0.1) is 5.82 Å². The molecule has 0 heterocycles. The van der Waals surface area contributed by atoms with Gasteiger partial charge in [-0.15, -0.1) is 0 Å². The average Bonchev–Trinajstić information content (AvgIpc) is 2.39. The first-order valence-corrected chi connectivity index (χ1v) is 6.43. The van der Waals surface area contributed by atoms with Crippen LogP contribution in [0.3, 0.4) is 0 Å². The van der Waals surface area contributed by atoms with Crippen LogP contribution in [0.5, 0.6) is 5.75 Å². The van der Waals surface area contributed by atoms with Crippen LogP contribution in [0.2, 0.25) is 10.0 Å². The SMILES string of the molecule is NCC(Oc1cc(Cl)ccc1Cl)c1cccc(F)c1. The fraction of sp³-hybridized carbons (Fsp3) is 0.143. The van der Waals surface area contributed by atoms with Crippen molar-refractivity contribution in [2.24, 2.45) is 5.73 Å². The van der Waals surface area contributed by atoms with Gasteiger partial charge in [0, 0.05) is 17.6 Å². The number of halogens is 3. The minimum absolute atomic E-state index is 0.201. The lowest BCUT2D eigenvalue weighted by atomic mass is 10.1. The van der Waals surface area contributed by atoms with E-state index in [1.54, 1.807) is 30.3 Å². The number of nitrogens with two attached hydrogens (primary N) is 1. The molecule has 0 aliphatic heterocycles. The van der Waals surface area contributed by atoms with Crippen molar-refractivity contribution >= 4 is 23.2 Å². The number of hydrogen-bond acceptors (Lipinski definition) is 2. The molecule has 0 fully saturated rings. The summed E-state index contributed by atoms with van der Waals surface area (Å²) in [6.45, 7) is 0.201. The fourth-order valence-corrected chi connectivity index (χ4v) is 2.00. The van der Waals surface area contributed by atoms with Gasteiger partial charge in [-0.05, 0) is 29.8 Å². The lowest BCUT2D eigenvalue weighted by molar-refractivity contribution is 0.214. The van der Waals surface area contributed by atoms with Crippen LogP contribution in [0.1, 0.15) is 11.7 Å². The second-order valence-electron chi connectivity index (χ2n) is 3.97. The van der Waals surface area contributed by atoms with Crippen molar-refractivity contribution in [3.63, 3.8) is 0 Å². The second kappa shape index (κ2) is 6.24. The van der Waals surface area contributed by atoms with Gasteiger partial charge in [-0.1, -0.05) is 35.3 Å². The summed E-state index contributed by atoms with van der Waals surface area (Å²) >= 11 is 11.9. The first-order chi connectivity index (χ1) is 9.10. The molecular weight excluding hydrogens is 288 g/mol. The van der Waals surface area contributed by atoms with E-state index in [1.165, 1.54) is 12.1 Å². The van der Waals surface area contributed by atoms with Crippen molar-refractivity contribution in [1.29, 1.82) is 0 Å². The average molecular weight is 300 g/mol. The van der Waals surface area contributed by atoms with Gasteiger partial charge in [0.05, 0.1) is 5.02 Å². The molecule has 0 saturated heterocycles. The van der Waals surface area contributed by atoms with Crippen molar-refractivity contribution < 1.29 is 9.13 Å². The van der Waals surface area contributed by atoms with E-state index >= 15 is 0 Å². The molecule has 0 spiro atoms. The Morgan fingerprint density at radius 1 is 1.16 bits per heavy atom. The minimum Gasteiger partial charge on any atom is -0.483 e. The molecule has 100 valence electrons. The lowest BCUT2D eigenvalue weighted by Crippen LogP contribution is -2.18. The normalized spacial score (nSPS) is 12.2. The van der Waals surface area contributed by atoms with Gasteiger partial charge in [0.25, 0.3) is 0 Å². The zero-order valence-electron chi connectivity index (χ0n) is 9.95. The van der Waals surface area contributed by atoms with E-state index in [0.717, 1.165) is 0 Å². The molecule has 1 unspecified atom stereocenters. The Morgan fingerprint density at radius 3 is 2.63 bits per heavy atom. The monoisotopic (exact) mass is 299 g/mol. The van der Waals surface area contributed by atoms with Crippen LogP contribution in [-0.4, -0.2) is 6.54 Å².